The molecule has 0 amide bonds. The molecular formula is C15H22N2O4. The molecule has 0 atom stereocenters. The van der Waals surface area contributed by atoms with E-state index < -0.39 is 10.5 Å². The van der Waals surface area contributed by atoms with Gasteiger partial charge in [-0.2, -0.15) is 0 Å². The van der Waals surface area contributed by atoms with Gasteiger partial charge in [-0.25, -0.2) is 0 Å². The Bertz CT molecular complexity index is 507. The number of hydrogen-bond donors (Lipinski definition) is 2. The van der Waals surface area contributed by atoms with Crippen molar-refractivity contribution < 1.29 is 14.8 Å². The van der Waals surface area contributed by atoms with Crippen molar-refractivity contribution >= 4 is 5.69 Å². The van der Waals surface area contributed by atoms with Gasteiger partial charge >= 0.3 is 5.69 Å². The summed E-state index contributed by atoms with van der Waals surface area (Å²) in [6.45, 7) is 4.23. The molecule has 0 aromatic heterocycles. The second-order valence-electron chi connectivity index (χ2n) is 6.13. The summed E-state index contributed by atoms with van der Waals surface area (Å²) in [5.74, 6) is 0.249. The molecule has 0 unspecified atom stereocenters. The third-order valence-corrected chi connectivity index (χ3v) is 3.36. The standard InChI is InChI=1S/C15H22N2O4/c1-15(2,18)7-8-21-14-6-3-11(9-13(14)17(19)20)10-16-12-4-5-12/h3,6,9,12,16,18H,4-5,7-8,10H2,1-2H3. The molecule has 1 aliphatic rings. The Morgan fingerprint density at radius 1 is 1.48 bits per heavy atom. The highest BCUT2D eigenvalue weighted by molar-refractivity contribution is 5.48. The smallest absolute Gasteiger partial charge is 0.311 e. The molecule has 0 spiro atoms. The number of rotatable bonds is 8. The third-order valence-electron chi connectivity index (χ3n) is 3.36. The van der Waals surface area contributed by atoms with Gasteiger partial charge in [0, 0.05) is 25.1 Å². The van der Waals surface area contributed by atoms with Crippen molar-refractivity contribution in [2.75, 3.05) is 6.61 Å². The normalized spacial score (nSPS) is 15.0. The second-order valence-corrected chi connectivity index (χ2v) is 6.13. The Kier molecular flexibility index (Phi) is 4.80. The van der Waals surface area contributed by atoms with Crippen molar-refractivity contribution in [2.24, 2.45) is 0 Å². The minimum atomic E-state index is -0.844. The van der Waals surface area contributed by atoms with Crippen LogP contribution in [-0.2, 0) is 6.54 Å². The van der Waals surface area contributed by atoms with Crippen molar-refractivity contribution in [3.63, 3.8) is 0 Å². The molecule has 6 nitrogen and oxygen atoms in total. The minimum Gasteiger partial charge on any atom is -0.487 e. The molecule has 1 fully saturated rings. The average molecular weight is 294 g/mol. The van der Waals surface area contributed by atoms with Gasteiger partial charge in [-0.3, -0.25) is 10.1 Å². The Morgan fingerprint density at radius 3 is 2.76 bits per heavy atom. The number of nitrogens with zero attached hydrogens (tertiary/aromatic N) is 1. The van der Waals surface area contributed by atoms with E-state index in [1.54, 1.807) is 26.0 Å². The van der Waals surface area contributed by atoms with E-state index in [-0.39, 0.29) is 18.0 Å². The van der Waals surface area contributed by atoms with Gasteiger partial charge in [-0.1, -0.05) is 6.07 Å². The minimum absolute atomic E-state index is 0.0270. The third kappa shape index (κ3) is 5.32. The fourth-order valence-electron chi connectivity index (χ4n) is 1.90. The molecule has 1 aromatic rings. The highest BCUT2D eigenvalue weighted by Gasteiger charge is 2.21. The van der Waals surface area contributed by atoms with Crippen LogP contribution in [0.3, 0.4) is 0 Å². The first kappa shape index (κ1) is 15.7. The van der Waals surface area contributed by atoms with Gasteiger partial charge in [0.25, 0.3) is 0 Å². The van der Waals surface area contributed by atoms with Crippen LogP contribution in [0.2, 0.25) is 0 Å². The van der Waals surface area contributed by atoms with Crippen LogP contribution >= 0.6 is 0 Å². The molecule has 0 bridgehead atoms. The van der Waals surface area contributed by atoms with Crippen molar-refractivity contribution in [2.45, 2.75) is 51.3 Å². The summed E-state index contributed by atoms with van der Waals surface area (Å²) in [6, 6.07) is 5.58. The summed E-state index contributed by atoms with van der Waals surface area (Å²) in [7, 11) is 0. The highest BCUT2D eigenvalue weighted by Crippen LogP contribution is 2.29. The van der Waals surface area contributed by atoms with E-state index in [9.17, 15) is 15.2 Å². The van der Waals surface area contributed by atoms with Crippen molar-refractivity contribution in [3.8, 4) is 5.75 Å². The topological polar surface area (TPSA) is 84.6 Å². The van der Waals surface area contributed by atoms with Gasteiger partial charge in [0.1, 0.15) is 0 Å². The van der Waals surface area contributed by atoms with Crippen molar-refractivity contribution in [3.05, 3.63) is 33.9 Å². The van der Waals surface area contributed by atoms with Gasteiger partial charge in [0.2, 0.25) is 0 Å². The molecular weight excluding hydrogens is 272 g/mol. The zero-order valence-electron chi connectivity index (χ0n) is 12.5. The molecule has 0 heterocycles. The zero-order chi connectivity index (χ0) is 15.5. The Labute approximate surface area is 124 Å². The molecule has 21 heavy (non-hydrogen) atoms. The maximum atomic E-state index is 11.1. The van der Waals surface area contributed by atoms with E-state index >= 15 is 0 Å². The van der Waals surface area contributed by atoms with E-state index in [2.05, 4.69) is 5.32 Å². The van der Waals surface area contributed by atoms with Crippen LogP contribution in [-0.4, -0.2) is 28.3 Å². The van der Waals surface area contributed by atoms with Crippen LogP contribution in [0, 0.1) is 10.1 Å². The van der Waals surface area contributed by atoms with Gasteiger partial charge in [0.05, 0.1) is 17.1 Å². The Balaban J connectivity index is 2.00. The molecule has 116 valence electrons. The summed E-state index contributed by atoms with van der Waals surface area (Å²) in [5, 5.41) is 24.1. The van der Waals surface area contributed by atoms with Crippen molar-refractivity contribution in [1.82, 2.24) is 5.32 Å². The Hall–Kier alpha value is -1.66. The number of ether oxygens (including phenoxy) is 1. The van der Waals surface area contributed by atoms with E-state index in [1.807, 2.05) is 6.07 Å². The number of nitro groups is 1. The zero-order valence-corrected chi connectivity index (χ0v) is 12.5. The molecule has 2 rings (SSSR count). The number of hydrogen-bond acceptors (Lipinski definition) is 5. The summed E-state index contributed by atoms with van der Waals surface area (Å²) in [5.41, 5.74) is 0.00685. The van der Waals surface area contributed by atoms with Crippen LogP contribution in [0.4, 0.5) is 5.69 Å². The van der Waals surface area contributed by atoms with Crippen LogP contribution < -0.4 is 10.1 Å². The van der Waals surface area contributed by atoms with Crippen LogP contribution in [0.15, 0.2) is 18.2 Å². The van der Waals surface area contributed by atoms with E-state index in [0.717, 1.165) is 5.56 Å². The summed E-state index contributed by atoms with van der Waals surface area (Å²) < 4.78 is 5.45. The quantitative estimate of drug-likeness (QED) is 0.568. The van der Waals surface area contributed by atoms with E-state index in [4.69, 9.17) is 4.74 Å². The van der Waals surface area contributed by atoms with Gasteiger partial charge in [-0.15, -0.1) is 0 Å². The molecule has 1 aromatic carbocycles. The summed E-state index contributed by atoms with van der Waals surface area (Å²) in [6.07, 6.45) is 2.77. The number of nitro benzene ring substituents is 1. The molecule has 6 heteroatoms. The average Bonchev–Trinajstić information content (AvgIpc) is 3.19. The summed E-state index contributed by atoms with van der Waals surface area (Å²) >= 11 is 0. The molecule has 0 saturated heterocycles. The summed E-state index contributed by atoms with van der Waals surface area (Å²) in [4.78, 5) is 10.7. The predicted molar refractivity (Wildman–Crippen MR) is 79.4 cm³/mol. The maximum Gasteiger partial charge on any atom is 0.311 e. The second kappa shape index (κ2) is 6.41. The first-order chi connectivity index (χ1) is 9.85. The molecule has 1 saturated carbocycles. The SMILES string of the molecule is CC(C)(O)CCOc1ccc(CNC2CC2)cc1[N+](=O)[O-]. The first-order valence-corrected chi connectivity index (χ1v) is 7.21. The lowest BCUT2D eigenvalue weighted by atomic mass is 10.1. The lowest BCUT2D eigenvalue weighted by Crippen LogP contribution is -2.22. The van der Waals surface area contributed by atoms with Crippen molar-refractivity contribution in [1.29, 1.82) is 0 Å². The molecule has 0 radical (unpaired) electrons. The predicted octanol–water partition coefficient (Wildman–Crippen LogP) is 2.39. The fourth-order valence-corrected chi connectivity index (χ4v) is 1.90. The number of nitrogens with one attached hydrogen (secondary N) is 1. The monoisotopic (exact) mass is 294 g/mol. The molecule has 1 aliphatic carbocycles. The van der Waals surface area contributed by atoms with Crippen LogP contribution in [0.1, 0.15) is 38.7 Å². The maximum absolute atomic E-state index is 11.1. The lowest BCUT2D eigenvalue weighted by Gasteiger charge is -2.17. The molecule has 0 aliphatic heterocycles. The number of benzene rings is 1. The van der Waals surface area contributed by atoms with Gasteiger partial charge in [-0.05, 0) is 38.3 Å². The first-order valence-electron chi connectivity index (χ1n) is 7.21. The molecule has 2 N–H and O–H groups in total. The lowest BCUT2D eigenvalue weighted by molar-refractivity contribution is -0.386. The number of aliphatic hydroxyl groups is 1. The van der Waals surface area contributed by atoms with Gasteiger partial charge < -0.3 is 15.2 Å². The Morgan fingerprint density at radius 2 is 2.19 bits per heavy atom. The largest absolute Gasteiger partial charge is 0.487 e. The fraction of sp³-hybridized carbons (Fsp3) is 0.600. The highest BCUT2D eigenvalue weighted by atomic mass is 16.6. The van der Waals surface area contributed by atoms with Crippen LogP contribution in [0.25, 0.3) is 0 Å². The van der Waals surface area contributed by atoms with E-state index in [1.165, 1.54) is 12.8 Å². The van der Waals surface area contributed by atoms with Gasteiger partial charge in [0.15, 0.2) is 5.75 Å². The van der Waals surface area contributed by atoms with Crippen LogP contribution in [0.5, 0.6) is 5.75 Å². The van der Waals surface area contributed by atoms with E-state index in [0.29, 0.717) is 19.0 Å².